The van der Waals surface area contributed by atoms with E-state index < -0.39 is 0 Å². The number of hydrogen-bond donors (Lipinski definition) is 1. The van der Waals surface area contributed by atoms with Crippen LogP contribution < -0.4 is 10.1 Å². The molecule has 1 N–H and O–H groups in total. The minimum atomic E-state index is -0.243. The number of anilines is 1. The molecule has 0 aliphatic rings. The number of aromatic nitrogens is 1. The quantitative estimate of drug-likeness (QED) is 0.743. The van der Waals surface area contributed by atoms with Gasteiger partial charge in [0.1, 0.15) is 11.6 Å². The van der Waals surface area contributed by atoms with Crippen LogP contribution in [-0.4, -0.2) is 17.5 Å². The van der Waals surface area contributed by atoms with E-state index in [0.29, 0.717) is 11.6 Å². The van der Waals surface area contributed by atoms with Gasteiger partial charge >= 0.3 is 0 Å². The van der Waals surface area contributed by atoms with Gasteiger partial charge in [-0.25, -0.2) is 4.98 Å². The highest BCUT2D eigenvalue weighted by Crippen LogP contribution is 2.20. The summed E-state index contributed by atoms with van der Waals surface area (Å²) in [6.07, 6.45) is 0. The summed E-state index contributed by atoms with van der Waals surface area (Å²) in [6, 6.07) is 17.4. The van der Waals surface area contributed by atoms with Crippen LogP contribution >= 0.6 is 15.9 Å². The van der Waals surface area contributed by atoms with Crippen molar-refractivity contribution in [2.24, 2.45) is 0 Å². The molecule has 0 spiro atoms. The fourth-order valence-electron chi connectivity index (χ4n) is 2.20. The van der Waals surface area contributed by atoms with Gasteiger partial charge in [0.2, 0.25) is 0 Å². The SMILES string of the molecule is Cc1nc(NC(=O)COc2ccc3ccccc3c2)ccc1Br. The van der Waals surface area contributed by atoms with E-state index in [-0.39, 0.29) is 12.5 Å². The van der Waals surface area contributed by atoms with Crippen molar-refractivity contribution in [1.29, 1.82) is 0 Å². The van der Waals surface area contributed by atoms with Crippen LogP contribution in [0.15, 0.2) is 59.1 Å². The number of amides is 1. The van der Waals surface area contributed by atoms with Crippen LogP contribution in [0.4, 0.5) is 5.82 Å². The highest BCUT2D eigenvalue weighted by Gasteiger charge is 2.06. The fourth-order valence-corrected chi connectivity index (χ4v) is 2.42. The molecule has 3 aromatic rings. The van der Waals surface area contributed by atoms with E-state index >= 15 is 0 Å². The number of pyridine rings is 1. The Bertz CT molecular complexity index is 865. The lowest BCUT2D eigenvalue weighted by Gasteiger charge is -2.08. The third kappa shape index (κ3) is 3.87. The number of hydrogen-bond acceptors (Lipinski definition) is 3. The summed E-state index contributed by atoms with van der Waals surface area (Å²) in [6.45, 7) is 1.81. The fraction of sp³-hybridized carbons (Fsp3) is 0.111. The predicted octanol–water partition coefficient (Wildman–Crippen LogP) is 4.32. The van der Waals surface area contributed by atoms with Crippen molar-refractivity contribution in [2.75, 3.05) is 11.9 Å². The molecule has 0 saturated carbocycles. The van der Waals surface area contributed by atoms with Gasteiger partial charge in [-0.3, -0.25) is 4.79 Å². The lowest BCUT2D eigenvalue weighted by molar-refractivity contribution is -0.118. The monoisotopic (exact) mass is 370 g/mol. The lowest BCUT2D eigenvalue weighted by atomic mass is 10.1. The first-order chi connectivity index (χ1) is 11.1. The minimum Gasteiger partial charge on any atom is -0.484 e. The van der Waals surface area contributed by atoms with Gasteiger partial charge < -0.3 is 10.1 Å². The van der Waals surface area contributed by atoms with Crippen molar-refractivity contribution in [2.45, 2.75) is 6.92 Å². The standard InChI is InChI=1S/C18H15BrN2O2/c1-12-16(19)8-9-17(20-12)21-18(22)11-23-15-7-6-13-4-2-3-5-14(13)10-15/h2-10H,11H2,1H3,(H,20,21,22). The smallest absolute Gasteiger partial charge is 0.263 e. The molecule has 4 nitrogen and oxygen atoms in total. The first-order valence-corrected chi connectivity index (χ1v) is 7.96. The van der Waals surface area contributed by atoms with Crippen LogP contribution in [0.25, 0.3) is 10.8 Å². The van der Waals surface area contributed by atoms with E-state index in [1.165, 1.54) is 0 Å². The van der Waals surface area contributed by atoms with Crippen LogP contribution in [0.5, 0.6) is 5.75 Å². The molecule has 1 aromatic heterocycles. The molecule has 0 bridgehead atoms. The van der Waals surface area contributed by atoms with Crippen molar-refractivity contribution in [3.63, 3.8) is 0 Å². The Morgan fingerprint density at radius 3 is 2.70 bits per heavy atom. The van der Waals surface area contributed by atoms with Crippen LogP contribution in [0.1, 0.15) is 5.69 Å². The van der Waals surface area contributed by atoms with E-state index in [1.807, 2.05) is 55.5 Å². The minimum absolute atomic E-state index is 0.0604. The number of benzene rings is 2. The molecule has 2 aromatic carbocycles. The zero-order valence-electron chi connectivity index (χ0n) is 12.5. The van der Waals surface area contributed by atoms with Gasteiger partial charge in [-0.05, 0) is 57.9 Å². The molecule has 1 amide bonds. The molecule has 0 radical (unpaired) electrons. The highest BCUT2D eigenvalue weighted by molar-refractivity contribution is 9.10. The molecule has 1 heterocycles. The summed E-state index contributed by atoms with van der Waals surface area (Å²) in [5.74, 6) is 0.934. The maximum absolute atomic E-state index is 12.0. The maximum Gasteiger partial charge on any atom is 0.263 e. The summed E-state index contributed by atoms with van der Waals surface area (Å²) < 4.78 is 6.46. The Labute approximate surface area is 142 Å². The second-order valence-corrected chi connectivity index (χ2v) is 5.96. The largest absolute Gasteiger partial charge is 0.484 e. The number of nitrogens with zero attached hydrogens (tertiary/aromatic N) is 1. The van der Waals surface area contributed by atoms with E-state index in [0.717, 1.165) is 20.9 Å². The van der Waals surface area contributed by atoms with Crippen molar-refractivity contribution in [1.82, 2.24) is 4.98 Å². The average Bonchev–Trinajstić information content (AvgIpc) is 2.56. The molecule has 0 saturated heterocycles. The molecule has 23 heavy (non-hydrogen) atoms. The summed E-state index contributed by atoms with van der Waals surface area (Å²) in [7, 11) is 0. The first-order valence-electron chi connectivity index (χ1n) is 7.16. The number of nitrogens with one attached hydrogen (secondary N) is 1. The van der Waals surface area contributed by atoms with Crippen LogP contribution in [-0.2, 0) is 4.79 Å². The van der Waals surface area contributed by atoms with Crippen molar-refractivity contribution in [3.8, 4) is 5.75 Å². The van der Waals surface area contributed by atoms with E-state index in [9.17, 15) is 4.79 Å². The normalized spacial score (nSPS) is 10.5. The van der Waals surface area contributed by atoms with Crippen LogP contribution in [0, 0.1) is 6.92 Å². The number of rotatable bonds is 4. The van der Waals surface area contributed by atoms with Gasteiger partial charge in [0.15, 0.2) is 6.61 Å². The number of fused-ring (bicyclic) bond motifs is 1. The van der Waals surface area contributed by atoms with E-state index in [4.69, 9.17) is 4.74 Å². The van der Waals surface area contributed by atoms with Crippen molar-refractivity contribution < 1.29 is 9.53 Å². The first kappa shape index (κ1) is 15.5. The van der Waals surface area contributed by atoms with Gasteiger partial charge in [-0.2, -0.15) is 0 Å². The molecule has 3 rings (SSSR count). The summed E-state index contributed by atoms with van der Waals surface area (Å²) in [5, 5.41) is 4.94. The molecule has 0 aliphatic carbocycles. The second-order valence-electron chi connectivity index (χ2n) is 5.11. The Hall–Kier alpha value is -2.40. The molecular formula is C18H15BrN2O2. The Kier molecular flexibility index (Phi) is 4.57. The van der Waals surface area contributed by atoms with Crippen LogP contribution in [0.3, 0.4) is 0 Å². The van der Waals surface area contributed by atoms with Gasteiger partial charge in [0.25, 0.3) is 5.91 Å². The van der Waals surface area contributed by atoms with E-state index in [1.54, 1.807) is 6.07 Å². The summed E-state index contributed by atoms with van der Waals surface area (Å²) in [4.78, 5) is 16.2. The summed E-state index contributed by atoms with van der Waals surface area (Å²) >= 11 is 3.38. The molecule has 0 unspecified atom stereocenters. The lowest BCUT2D eigenvalue weighted by Crippen LogP contribution is -2.20. The van der Waals surface area contributed by atoms with Gasteiger partial charge in [-0.1, -0.05) is 30.3 Å². The highest BCUT2D eigenvalue weighted by atomic mass is 79.9. The number of carbonyl (C=O) groups excluding carboxylic acids is 1. The molecule has 0 fully saturated rings. The van der Waals surface area contributed by atoms with Crippen molar-refractivity contribution >= 4 is 38.4 Å². The van der Waals surface area contributed by atoms with Gasteiger partial charge in [-0.15, -0.1) is 0 Å². The molecule has 0 aliphatic heterocycles. The van der Waals surface area contributed by atoms with Gasteiger partial charge in [0.05, 0.1) is 5.69 Å². The Morgan fingerprint density at radius 1 is 1.13 bits per heavy atom. The number of carbonyl (C=O) groups is 1. The molecule has 116 valence electrons. The summed E-state index contributed by atoms with van der Waals surface area (Å²) in [5.41, 5.74) is 0.818. The van der Waals surface area contributed by atoms with Crippen molar-refractivity contribution in [3.05, 3.63) is 64.8 Å². The molecular weight excluding hydrogens is 356 g/mol. The third-order valence-corrected chi connectivity index (χ3v) is 4.22. The van der Waals surface area contributed by atoms with Crippen LogP contribution in [0.2, 0.25) is 0 Å². The molecule has 5 heteroatoms. The second kappa shape index (κ2) is 6.79. The average molecular weight is 371 g/mol. The zero-order valence-corrected chi connectivity index (χ0v) is 14.1. The Morgan fingerprint density at radius 2 is 1.91 bits per heavy atom. The topological polar surface area (TPSA) is 51.2 Å². The number of ether oxygens (including phenoxy) is 1. The molecule has 0 atom stereocenters. The number of aryl methyl sites for hydroxylation is 1. The Balaban J connectivity index is 1.62. The maximum atomic E-state index is 12.0. The third-order valence-electron chi connectivity index (χ3n) is 3.38. The predicted molar refractivity (Wildman–Crippen MR) is 94.7 cm³/mol. The van der Waals surface area contributed by atoms with E-state index in [2.05, 4.69) is 26.2 Å². The number of halogens is 1. The zero-order chi connectivity index (χ0) is 16.2. The van der Waals surface area contributed by atoms with Gasteiger partial charge in [0, 0.05) is 4.47 Å².